The molecule has 0 aromatic rings. The second-order valence-corrected chi connectivity index (χ2v) is 3.17. The van der Waals surface area contributed by atoms with Crippen LogP contribution in [0.1, 0.15) is 20.3 Å². The summed E-state index contributed by atoms with van der Waals surface area (Å²) >= 11 is 0. The van der Waals surface area contributed by atoms with E-state index >= 15 is 0 Å². The summed E-state index contributed by atoms with van der Waals surface area (Å²) in [4.78, 5) is 10.6. The van der Waals surface area contributed by atoms with E-state index in [4.69, 9.17) is 14.6 Å². The predicted molar refractivity (Wildman–Crippen MR) is 42.7 cm³/mol. The summed E-state index contributed by atoms with van der Waals surface area (Å²) in [5.74, 6) is -0.462. The highest BCUT2D eigenvalue weighted by molar-refractivity contribution is 5.66. The molecule has 0 aromatic heterocycles. The standard InChI is InChI=1S/C8H14O5/c1-4-8(13-5(2)9)6(10)3-7(11)12-4/h4,6-8,10-11H,3H2,1-2H3/t4-,6-,7+,8-/m0/s1. The van der Waals surface area contributed by atoms with Crippen molar-refractivity contribution in [2.45, 2.75) is 44.9 Å². The molecule has 0 saturated carbocycles. The summed E-state index contributed by atoms with van der Waals surface area (Å²) in [6.07, 6.45) is -2.93. The van der Waals surface area contributed by atoms with Crippen molar-refractivity contribution in [3.8, 4) is 0 Å². The average Bonchev–Trinajstić information content (AvgIpc) is 1.96. The SMILES string of the molecule is CC(=O)O[C@H]1[C@H](C)O[C@@H](O)C[C@@H]1O. The molecule has 2 N–H and O–H groups in total. The monoisotopic (exact) mass is 190 g/mol. The third kappa shape index (κ3) is 2.65. The van der Waals surface area contributed by atoms with Gasteiger partial charge in [0.2, 0.25) is 0 Å². The van der Waals surface area contributed by atoms with Crippen molar-refractivity contribution in [3.05, 3.63) is 0 Å². The van der Waals surface area contributed by atoms with E-state index in [9.17, 15) is 9.90 Å². The van der Waals surface area contributed by atoms with E-state index in [2.05, 4.69) is 0 Å². The highest BCUT2D eigenvalue weighted by Gasteiger charge is 2.36. The molecule has 0 bridgehead atoms. The van der Waals surface area contributed by atoms with Crippen LogP contribution < -0.4 is 0 Å². The number of hydrogen-bond acceptors (Lipinski definition) is 5. The van der Waals surface area contributed by atoms with Crippen LogP contribution in [0.3, 0.4) is 0 Å². The second kappa shape index (κ2) is 4.04. The summed E-state index contributed by atoms with van der Waals surface area (Å²) in [5.41, 5.74) is 0. The van der Waals surface area contributed by atoms with Crippen LogP contribution in [-0.2, 0) is 14.3 Å². The maximum absolute atomic E-state index is 10.6. The van der Waals surface area contributed by atoms with Crippen molar-refractivity contribution < 1.29 is 24.5 Å². The van der Waals surface area contributed by atoms with Gasteiger partial charge in [-0.2, -0.15) is 0 Å². The minimum absolute atomic E-state index is 0.0717. The van der Waals surface area contributed by atoms with Crippen LogP contribution in [0.25, 0.3) is 0 Å². The minimum Gasteiger partial charge on any atom is -0.457 e. The maximum atomic E-state index is 10.6. The van der Waals surface area contributed by atoms with E-state index in [0.29, 0.717) is 0 Å². The second-order valence-electron chi connectivity index (χ2n) is 3.17. The zero-order valence-corrected chi connectivity index (χ0v) is 7.64. The number of aliphatic hydroxyl groups excluding tert-OH is 2. The van der Waals surface area contributed by atoms with Crippen LogP contribution >= 0.6 is 0 Å². The van der Waals surface area contributed by atoms with Crippen molar-refractivity contribution in [1.29, 1.82) is 0 Å². The smallest absolute Gasteiger partial charge is 0.303 e. The first kappa shape index (κ1) is 10.4. The average molecular weight is 190 g/mol. The fourth-order valence-electron chi connectivity index (χ4n) is 1.40. The van der Waals surface area contributed by atoms with E-state index in [0.717, 1.165) is 0 Å². The molecule has 1 heterocycles. The van der Waals surface area contributed by atoms with Gasteiger partial charge in [-0.1, -0.05) is 0 Å². The highest BCUT2D eigenvalue weighted by Crippen LogP contribution is 2.21. The Morgan fingerprint density at radius 2 is 2.15 bits per heavy atom. The van der Waals surface area contributed by atoms with E-state index in [1.807, 2.05) is 0 Å². The lowest BCUT2D eigenvalue weighted by molar-refractivity contribution is -0.235. The summed E-state index contributed by atoms with van der Waals surface area (Å²) in [5, 5.41) is 18.5. The quantitative estimate of drug-likeness (QED) is 0.540. The Balaban J connectivity index is 2.56. The van der Waals surface area contributed by atoms with Gasteiger partial charge in [0.15, 0.2) is 12.4 Å². The Hall–Kier alpha value is -0.650. The van der Waals surface area contributed by atoms with Gasteiger partial charge in [-0.25, -0.2) is 0 Å². The molecule has 0 unspecified atom stereocenters. The van der Waals surface area contributed by atoms with Gasteiger partial charge >= 0.3 is 5.97 Å². The molecule has 1 fully saturated rings. The van der Waals surface area contributed by atoms with Crippen LogP contribution in [0.2, 0.25) is 0 Å². The molecule has 5 heteroatoms. The van der Waals surface area contributed by atoms with Gasteiger partial charge < -0.3 is 19.7 Å². The Bertz CT molecular complexity index is 181. The van der Waals surface area contributed by atoms with Gasteiger partial charge in [-0.05, 0) is 6.92 Å². The van der Waals surface area contributed by atoms with Crippen LogP contribution in [0, 0.1) is 0 Å². The van der Waals surface area contributed by atoms with Gasteiger partial charge in [0.1, 0.15) is 0 Å². The molecule has 0 amide bonds. The molecule has 1 aliphatic rings. The lowest BCUT2D eigenvalue weighted by Gasteiger charge is -2.35. The third-order valence-electron chi connectivity index (χ3n) is 1.96. The molecule has 0 aromatic carbocycles. The van der Waals surface area contributed by atoms with Crippen LogP contribution in [0.5, 0.6) is 0 Å². The summed E-state index contributed by atoms with van der Waals surface area (Å²) in [7, 11) is 0. The van der Waals surface area contributed by atoms with Gasteiger partial charge in [-0.3, -0.25) is 4.79 Å². The molecular weight excluding hydrogens is 176 g/mol. The first-order valence-electron chi connectivity index (χ1n) is 4.19. The topological polar surface area (TPSA) is 76.0 Å². The zero-order chi connectivity index (χ0) is 10.0. The van der Waals surface area contributed by atoms with E-state index in [1.54, 1.807) is 6.92 Å². The first-order chi connectivity index (χ1) is 6.00. The number of rotatable bonds is 1. The molecule has 1 saturated heterocycles. The molecule has 76 valence electrons. The molecule has 0 spiro atoms. The third-order valence-corrected chi connectivity index (χ3v) is 1.96. The lowest BCUT2D eigenvalue weighted by atomic mass is 10.0. The predicted octanol–water partition coefficient (Wildman–Crippen LogP) is -0.594. The number of aliphatic hydroxyl groups is 2. The molecular formula is C8H14O5. The van der Waals surface area contributed by atoms with Gasteiger partial charge in [-0.15, -0.1) is 0 Å². The van der Waals surface area contributed by atoms with Crippen molar-refractivity contribution in [2.24, 2.45) is 0 Å². The van der Waals surface area contributed by atoms with E-state index in [-0.39, 0.29) is 6.42 Å². The molecule has 4 atom stereocenters. The number of carbonyl (C=O) groups excluding carboxylic acids is 1. The highest BCUT2D eigenvalue weighted by atomic mass is 16.6. The number of hydrogen-bond donors (Lipinski definition) is 2. The Kier molecular flexibility index (Phi) is 3.24. The molecule has 1 aliphatic heterocycles. The Labute approximate surface area is 76.3 Å². The fourth-order valence-corrected chi connectivity index (χ4v) is 1.40. The first-order valence-corrected chi connectivity index (χ1v) is 4.19. The molecule has 0 aliphatic carbocycles. The summed E-state index contributed by atoms with van der Waals surface area (Å²) in [6.45, 7) is 2.91. The van der Waals surface area contributed by atoms with Crippen LogP contribution in [0.15, 0.2) is 0 Å². The number of ether oxygens (including phenoxy) is 2. The van der Waals surface area contributed by atoms with E-state index in [1.165, 1.54) is 6.92 Å². The largest absolute Gasteiger partial charge is 0.457 e. The summed E-state index contributed by atoms with van der Waals surface area (Å²) < 4.78 is 9.83. The fraction of sp³-hybridized carbons (Fsp3) is 0.875. The van der Waals surface area contributed by atoms with Crippen LogP contribution in [-0.4, -0.2) is 40.8 Å². The van der Waals surface area contributed by atoms with Crippen molar-refractivity contribution in [3.63, 3.8) is 0 Å². The minimum atomic E-state index is -0.975. The number of esters is 1. The normalized spacial score (nSPS) is 40.0. The van der Waals surface area contributed by atoms with Gasteiger partial charge in [0.25, 0.3) is 0 Å². The molecule has 5 nitrogen and oxygen atoms in total. The zero-order valence-electron chi connectivity index (χ0n) is 7.64. The number of carbonyl (C=O) groups is 1. The lowest BCUT2D eigenvalue weighted by Crippen LogP contribution is -2.48. The summed E-state index contributed by atoms with van der Waals surface area (Å²) in [6, 6.07) is 0. The molecule has 1 rings (SSSR count). The van der Waals surface area contributed by atoms with Crippen molar-refractivity contribution in [1.82, 2.24) is 0 Å². The van der Waals surface area contributed by atoms with Gasteiger partial charge in [0, 0.05) is 13.3 Å². The molecule has 13 heavy (non-hydrogen) atoms. The van der Waals surface area contributed by atoms with Crippen molar-refractivity contribution in [2.75, 3.05) is 0 Å². The Morgan fingerprint density at radius 1 is 1.54 bits per heavy atom. The molecule has 0 radical (unpaired) electrons. The van der Waals surface area contributed by atoms with Crippen molar-refractivity contribution >= 4 is 5.97 Å². The van der Waals surface area contributed by atoms with Crippen LogP contribution in [0.4, 0.5) is 0 Å². The maximum Gasteiger partial charge on any atom is 0.303 e. The Morgan fingerprint density at radius 3 is 2.62 bits per heavy atom. The van der Waals surface area contributed by atoms with E-state index < -0.39 is 30.6 Å². The van der Waals surface area contributed by atoms with Gasteiger partial charge in [0.05, 0.1) is 12.2 Å².